The van der Waals surface area contributed by atoms with Crippen LogP contribution in [0.15, 0.2) is 18.2 Å². The summed E-state index contributed by atoms with van der Waals surface area (Å²) in [6.07, 6.45) is 4.50. The maximum absolute atomic E-state index is 13.2. The van der Waals surface area contributed by atoms with Crippen molar-refractivity contribution in [3.05, 3.63) is 29.6 Å². The number of hydrogen-bond acceptors (Lipinski definition) is 2. The van der Waals surface area contributed by atoms with Gasteiger partial charge in [0, 0.05) is 17.3 Å². The van der Waals surface area contributed by atoms with Crippen molar-refractivity contribution in [3.8, 4) is 0 Å². The molecule has 0 aliphatic heterocycles. The van der Waals surface area contributed by atoms with E-state index >= 15 is 0 Å². The zero-order chi connectivity index (χ0) is 13.1. The van der Waals surface area contributed by atoms with Crippen molar-refractivity contribution in [1.82, 2.24) is 5.32 Å². The molecule has 18 heavy (non-hydrogen) atoms. The van der Waals surface area contributed by atoms with E-state index in [0.717, 1.165) is 19.3 Å². The van der Waals surface area contributed by atoms with Crippen LogP contribution in [0.1, 0.15) is 43.0 Å². The predicted octanol–water partition coefficient (Wildman–Crippen LogP) is 2.72. The topological polar surface area (TPSA) is 55.1 Å². The molecule has 1 aromatic rings. The Bertz CT molecular complexity index is 427. The van der Waals surface area contributed by atoms with E-state index in [1.807, 2.05) is 0 Å². The molecule has 4 heteroatoms. The van der Waals surface area contributed by atoms with Crippen molar-refractivity contribution in [2.24, 2.45) is 5.92 Å². The summed E-state index contributed by atoms with van der Waals surface area (Å²) in [4.78, 5) is 12.0. The summed E-state index contributed by atoms with van der Waals surface area (Å²) >= 11 is 0. The number of benzene rings is 1. The summed E-state index contributed by atoms with van der Waals surface area (Å²) in [5.41, 5.74) is 6.11. The van der Waals surface area contributed by atoms with E-state index in [9.17, 15) is 9.18 Å². The second-order valence-electron chi connectivity index (χ2n) is 5.11. The average Bonchev–Trinajstić information content (AvgIpc) is 2.31. The fraction of sp³-hybridized carbons (Fsp3) is 0.500. The monoisotopic (exact) mass is 250 g/mol. The second kappa shape index (κ2) is 5.38. The molecule has 0 radical (unpaired) electrons. The molecule has 1 aromatic carbocycles. The molecule has 2 unspecified atom stereocenters. The fourth-order valence-electron chi connectivity index (χ4n) is 2.53. The summed E-state index contributed by atoms with van der Waals surface area (Å²) in [7, 11) is 0. The first-order chi connectivity index (χ1) is 8.56. The van der Waals surface area contributed by atoms with Crippen molar-refractivity contribution >= 4 is 11.6 Å². The number of halogens is 1. The molecule has 98 valence electrons. The Morgan fingerprint density at radius 2 is 2.06 bits per heavy atom. The first-order valence-electron chi connectivity index (χ1n) is 6.43. The lowest BCUT2D eigenvalue weighted by Gasteiger charge is -2.29. The molecule has 2 rings (SSSR count). The lowest BCUT2D eigenvalue weighted by Crippen LogP contribution is -2.41. The number of nitrogen functional groups attached to an aromatic ring is 1. The highest BCUT2D eigenvalue weighted by atomic mass is 19.1. The number of anilines is 1. The molecule has 1 saturated carbocycles. The van der Waals surface area contributed by atoms with Crippen LogP contribution in [0.4, 0.5) is 10.1 Å². The average molecular weight is 250 g/mol. The Balaban J connectivity index is 2.06. The summed E-state index contributed by atoms with van der Waals surface area (Å²) in [6.45, 7) is 2.14. The largest absolute Gasteiger partial charge is 0.399 e. The molecule has 0 spiro atoms. The zero-order valence-electron chi connectivity index (χ0n) is 10.6. The van der Waals surface area contributed by atoms with E-state index in [1.54, 1.807) is 0 Å². The first kappa shape index (κ1) is 12.9. The van der Waals surface area contributed by atoms with Gasteiger partial charge in [-0.1, -0.05) is 19.8 Å². The van der Waals surface area contributed by atoms with Gasteiger partial charge in [0.25, 0.3) is 5.91 Å². The molecule has 3 nitrogen and oxygen atoms in total. The summed E-state index contributed by atoms with van der Waals surface area (Å²) in [5, 5.41) is 2.98. The predicted molar refractivity (Wildman–Crippen MR) is 69.7 cm³/mol. The standard InChI is InChI=1S/C14H19FN2O/c1-9-4-2-3-5-13(9)17-14(18)10-6-11(15)8-12(16)7-10/h6-9,13H,2-5,16H2,1H3,(H,17,18). The molecular formula is C14H19FN2O. The van der Waals surface area contributed by atoms with E-state index in [-0.39, 0.29) is 17.6 Å². The molecule has 2 atom stereocenters. The van der Waals surface area contributed by atoms with Gasteiger partial charge in [-0.15, -0.1) is 0 Å². The Labute approximate surface area is 107 Å². The van der Waals surface area contributed by atoms with E-state index in [4.69, 9.17) is 5.73 Å². The minimum Gasteiger partial charge on any atom is -0.399 e. The van der Waals surface area contributed by atoms with Crippen LogP contribution in [-0.4, -0.2) is 11.9 Å². The SMILES string of the molecule is CC1CCCCC1NC(=O)c1cc(N)cc(F)c1. The third-order valence-corrected chi connectivity index (χ3v) is 3.61. The molecular weight excluding hydrogens is 231 g/mol. The Morgan fingerprint density at radius 1 is 1.33 bits per heavy atom. The van der Waals surface area contributed by atoms with Gasteiger partial charge in [-0.25, -0.2) is 4.39 Å². The number of amides is 1. The fourth-order valence-corrected chi connectivity index (χ4v) is 2.53. The van der Waals surface area contributed by atoms with E-state index < -0.39 is 5.82 Å². The molecule has 3 N–H and O–H groups in total. The van der Waals surface area contributed by atoms with Crippen LogP contribution in [0.25, 0.3) is 0 Å². The zero-order valence-corrected chi connectivity index (χ0v) is 10.6. The van der Waals surface area contributed by atoms with E-state index in [1.165, 1.54) is 24.6 Å². The van der Waals surface area contributed by atoms with Crippen molar-refractivity contribution in [1.29, 1.82) is 0 Å². The molecule has 0 saturated heterocycles. The van der Waals surface area contributed by atoms with Crippen LogP contribution < -0.4 is 11.1 Å². The summed E-state index contributed by atoms with van der Waals surface area (Å²) in [5.74, 6) is -0.231. The van der Waals surface area contributed by atoms with Crippen LogP contribution in [0.3, 0.4) is 0 Å². The lowest BCUT2D eigenvalue weighted by molar-refractivity contribution is 0.0910. The third-order valence-electron chi connectivity index (χ3n) is 3.61. The smallest absolute Gasteiger partial charge is 0.251 e. The molecule has 1 amide bonds. The number of nitrogens with one attached hydrogen (secondary N) is 1. The van der Waals surface area contributed by atoms with Crippen molar-refractivity contribution in [2.45, 2.75) is 38.6 Å². The highest BCUT2D eigenvalue weighted by Gasteiger charge is 2.23. The van der Waals surface area contributed by atoms with E-state index in [0.29, 0.717) is 11.5 Å². The summed E-state index contributed by atoms with van der Waals surface area (Å²) in [6, 6.07) is 4.13. The van der Waals surface area contributed by atoms with Crippen molar-refractivity contribution in [3.63, 3.8) is 0 Å². The number of nitrogens with two attached hydrogens (primary N) is 1. The van der Waals surface area contributed by atoms with Crippen LogP contribution in [0.5, 0.6) is 0 Å². The Morgan fingerprint density at radius 3 is 2.72 bits per heavy atom. The van der Waals surface area contributed by atoms with E-state index in [2.05, 4.69) is 12.2 Å². The number of carbonyl (C=O) groups excluding carboxylic acids is 1. The minimum absolute atomic E-state index is 0.191. The molecule has 1 aliphatic rings. The van der Waals surface area contributed by atoms with Gasteiger partial charge >= 0.3 is 0 Å². The van der Waals surface area contributed by atoms with Gasteiger partial charge in [0.2, 0.25) is 0 Å². The first-order valence-corrected chi connectivity index (χ1v) is 6.43. The molecule has 1 aliphatic carbocycles. The minimum atomic E-state index is -0.475. The molecule has 0 heterocycles. The Hall–Kier alpha value is -1.58. The van der Waals surface area contributed by atoms with Crippen molar-refractivity contribution in [2.75, 3.05) is 5.73 Å². The number of hydrogen-bond donors (Lipinski definition) is 2. The highest BCUT2D eigenvalue weighted by molar-refractivity contribution is 5.95. The maximum Gasteiger partial charge on any atom is 0.251 e. The molecule has 1 fully saturated rings. The molecule has 0 bridgehead atoms. The van der Waals surface area contributed by atoms with Gasteiger partial charge in [-0.2, -0.15) is 0 Å². The number of rotatable bonds is 2. The van der Waals surface area contributed by atoms with Gasteiger partial charge < -0.3 is 11.1 Å². The maximum atomic E-state index is 13.2. The van der Waals surface area contributed by atoms with Crippen LogP contribution >= 0.6 is 0 Å². The van der Waals surface area contributed by atoms with Gasteiger partial charge in [0.1, 0.15) is 5.82 Å². The van der Waals surface area contributed by atoms with Crippen molar-refractivity contribution < 1.29 is 9.18 Å². The highest BCUT2D eigenvalue weighted by Crippen LogP contribution is 2.24. The van der Waals surface area contributed by atoms with Crippen LogP contribution in [0.2, 0.25) is 0 Å². The van der Waals surface area contributed by atoms with Crippen LogP contribution in [0, 0.1) is 11.7 Å². The van der Waals surface area contributed by atoms with Gasteiger partial charge in [-0.3, -0.25) is 4.79 Å². The lowest BCUT2D eigenvalue weighted by atomic mass is 9.86. The van der Waals surface area contributed by atoms with Gasteiger partial charge in [-0.05, 0) is 37.0 Å². The number of carbonyl (C=O) groups is 1. The van der Waals surface area contributed by atoms with Gasteiger partial charge in [0.15, 0.2) is 0 Å². The second-order valence-corrected chi connectivity index (χ2v) is 5.11. The quantitative estimate of drug-likeness (QED) is 0.793. The van der Waals surface area contributed by atoms with Gasteiger partial charge in [0.05, 0.1) is 0 Å². The van der Waals surface area contributed by atoms with Crippen LogP contribution in [-0.2, 0) is 0 Å². The molecule has 0 aromatic heterocycles. The Kier molecular flexibility index (Phi) is 3.84. The normalized spacial score (nSPS) is 23.7. The summed E-state index contributed by atoms with van der Waals surface area (Å²) < 4.78 is 13.2. The third kappa shape index (κ3) is 3.00.